The molecule has 10 nitrogen and oxygen atoms in total. The summed E-state index contributed by atoms with van der Waals surface area (Å²) in [6.45, 7) is -0.498. The van der Waals surface area contributed by atoms with Gasteiger partial charge in [0, 0.05) is 18.2 Å². The molecule has 0 fully saturated rings. The molecule has 236 valence electrons. The van der Waals surface area contributed by atoms with Crippen molar-refractivity contribution in [3.05, 3.63) is 70.8 Å². The lowest BCUT2D eigenvalue weighted by atomic mass is 10.1. The highest BCUT2D eigenvalue weighted by Gasteiger charge is 2.31. The van der Waals surface area contributed by atoms with Gasteiger partial charge in [-0.25, -0.2) is 9.59 Å². The van der Waals surface area contributed by atoms with Gasteiger partial charge in [-0.15, -0.1) is 0 Å². The van der Waals surface area contributed by atoms with Gasteiger partial charge in [-0.2, -0.15) is 26.3 Å². The normalized spacial score (nSPS) is 10.7. The van der Waals surface area contributed by atoms with E-state index in [1.165, 1.54) is 12.1 Å². The van der Waals surface area contributed by atoms with E-state index >= 15 is 0 Å². The second kappa shape index (κ2) is 18.3. The topological polar surface area (TPSA) is 172 Å². The fraction of sp³-hybridized carbons (Fsp3) is 0.308. The molecule has 43 heavy (non-hydrogen) atoms. The lowest BCUT2D eigenvalue weighted by Gasteiger charge is -2.09. The summed E-state index contributed by atoms with van der Waals surface area (Å²) in [6, 6.07) is 9.37. The first-order valence-corrected chi connectivity index (χ1v) is 12.7. The third-order valence-electron chi connectivity index (χ3n) is 4.63. The molecular formula is C26H23BrF6O10. The highest BCUT2D eigenvalue weighted by Crippen LogP contribution is 2.30. The minimum Gasteiger partial charge on any atom is -0.481 e. The number of Topliss-reactive ketones (excluding diaryl/α,β-unsaturated/α-hetero) is 2. The van der Waals surface area contributed by atoms with Gasteiger partial charge in [0.15, 0.2) is 0 Å². The van der Waals surface area contributed by atoms with E-state index in [0.717, 1.165) is 30.3 Å². The molecule has 0 aliphatic rings. The van der Waals surface area contributed by atoms with E-state index in [1.54, 1.807) is 6.07 Å². The molecule has 0 aliphatic carbocycles. The fourth-order valence-corrected chi connectivity index (χ4v) is 2.90. The van der Waals surface area contributed by atoms with Crippen LogP contribution in [0.2, 0.25) is 0 Å². The zero-order valence-corrected chi connectivity index (χ0v) is 23.3. The summed E-state index contributed by atoms with van der Waals surface area (Å²) in [4.78, 5) is 62.4. The summed E-state index contributed by atoms with van der Waals surface area (Å²) in [5.41, 5.74) is -0.790. The number of esters is 1. The van der Waals surface area contributed by atoms with Crippen molar-refractivity contribution < 1.29 is 75.2 Å². The van der Waals surface area contributed by atoms with Crippen molar-refractivity contribution in [3.63, 3.8) is 0 Å². The Bertz CT molecular complexity index is 1290. The van der Waals surface area contributed by atoms with E-state index in [0.29, 0.717) is 10.9 Å². The van der Waals surface area contributed by atoms with Crippen molar-refractivity contribution in [1.29, 1.82) is 0 Å². The van der Waals surface area contributed by atoms with Crippen molar-refractivity contribution in [3.8, 4) is 0 Å². The standard InChI is InChI=1S/C13H11F3O5.C8H6BrF3.C5H6O5/c14-13(15,16)9-3-1-2-8(6-9)7-21-12(20)10(17)4-5-11(18)19;9-5-6-2-1-3-7(4-6)8(10,11)12;6-3(5(9)10)1-2-4(7)8/h1-3,6H,4-5,7H2,(H,18,19);1-4H,5H2;1-2H2,(H,7,8)(H,9,10). The Labute approximate surface area is 247 Å². The largest absolute Gasteiger partial charge is 0.481 e. The third-order valence-corrected chi connectivity index (χ3v) is 5.28. The molecule has 0 atom stereocenters. The number of carbonyl (C=O) groups excluding carboxylic acids is 3. The lowest BCUT2D eigenvalue weighted by molar-refractivity contribution is -0.155. The summed E-state index contributed by atoms with van der Waals surface area (Å²) >= 11 is 3.09. The minimum atomic E-state index is -4.52. The number of hydrogen-bond acceptors (Lipinski definition) is 7. The number of ketones is 2. The van der Waals surface area contributed by atoms with Crippen LogP contribution in [0.3, 0.4) is 0 Å². The first-order chi connectivity index (χ1) is 19.8. The molecule has 0 radical (unpaired) electrons. The Morgan fingerprint density at radius 1 is 0.651 bits per heavy atom. The van der Waals surface area contributed by atoms with Crippen molar-refractivity contribution in [1.82, 2.24) is 0 Å². The van der Waals surface area contributed by atoms with Crippen LogP contribution in [0.25, 0.3) is 0 Å². The number of ether oxygens (including phenoxy) is 1. The monoisotopic (exact) mass is 688 g/mol. The molecule has 0 bridgehead atoms. The zero-order chi connectivity index (χ0) is 33.4. The molecule has 3 N–H and O–H groups in total. The Kier molecular flexibility index (Phi) is 16.5. The molecular weight excluding hydrogens is 666 g/mol. The van der Waals surface area contributed by atoms with Crippen molar-refractivity contribution in [2.24, 2.45) is 0 Å². The van der Waals surface area contributed by atoms with Gasteiger partial charge in [-0.3, -0.25) is 19.2 Å². The highest BCUT2D eigenvalue weighted by atomic mass is 79.9. The van der Waals surface area contributed by atoms with Gasteiger partial charge < -0.3 is 20.1 Å². The first-order valence-electron chi connectivity index (χ1n) is 11.6. The van der Waals surface area contributed by atoms with Crippen LogP contribution >= 0.6 is 15.9 Å². The van der Waals surface area contributed by atoms with Gasteiger partial charge in [0.05, 0.1) is 24.0 Å². The molecule has 2 aromatic carbocycles. The van der Waals surface area contributed by atoms with E-state index in [9.17, 15) is 55.1 Å². The molecule has 0 spiro atoms. The predicted molar refractivity (Wildman–Crippen MR) is 137 cm³/mol. The summed E-state index contributed by atoms with van der Waals surface area (Å²) in [5.74, 6) is -7.37. The summed E-state index contributed by atoms with van der Waals surface area (Å²) in [7, 11) is 0. The van der Waals surface area contributed by atoms with Crippen LogP contribution in [0.5, 0.6) is 0 Å². The number of aliphatic carboxylic acids is 3. The SMILES string of the molecule is FC(F)(F)c1cccc(CBr)c1.O=C(O)CCC(=O)C(=O)O.O=C(O)CCC(=O)C(=O)OCc1cccc(C(F)(F)F)c1. The molecule has 0 aromatic heterocycles. The maximum Gasteiger partial charge on any atom is 0.416 e. The van der Waals surface area contributed by atoms with Gasteiger partial charge in [0.2, 0.25) is 11.6 Å². The summed E-state index contributed by atoms with van der Waals surface area (Å²) in [5, 5.41) is 24.7. The minimum absolute atomic E-state index is 0.0733. The van der Waals surface area contributed by atoms with Gasteiger partial charge in [0.1, 0.15) is 6.61 Å². The van der Waals surface area contributed by atoms with Crippen LogP contribution < -0.4 is 0 Å². The summed E-state index contributed by atoms with van der Waals surface area (Å²) < 4.78 is 78.2. The fourth-order valence-electron chi connectivity index (χ4n) is 2.55. The Balaban J connectivity index is 0.000000678. The van der Waals surface area contributed by atoms with Crippen LogP contribution in [0, 0.1) is 0 Å². The predicted octanol–water partition coefficient (Wildman–Crippen LogP) is 5.29. The lowest BCUT2D eigenvalue weighted by Crippen LogP contribution is -2.18. The van der Waals surface area contributed by atoms with Crippen LogP contribution in [-0.2, 0) is 57.8 Å². The third kappa shape index (κ3) is 17.3. The van der Waals surface area contributed by atoms with Crippen LogP contribution in [0.15, 0.2) is 48.5 Å². The number of rotatable bonds is 11. The van der Waals surface area contributed by atoms with E-state index in [2.05, 4.69) is 20.7 Å². The first kappa shape index (κ1) is 38.7. The van der Waals surface area contributed by atoms with Crippen molar-refractivity contribution in [2.75, 3.05) is 0 Å². The molecule has 0 saturated heterocycles. The highest BCUT2D eigenvalue weighted by molar-refractivity contribution is 9.08. The average molecular weight is 689 g/mol. The second-order valence-electron chi connectivity index (χ2n) is 8.05. The van der Waals surface area contributed by atoms with Crippen molar-refractivity contribution >= 4 is 51.4 Å². The van der Waals surface area contributed by atoms with E-state index < -0.39 is 91.2 Å². The van der Waals surface area contributed by atoms with Gasteiger partial charge in [-0.1, -0.05) is 46.3 Å². The van der Waals surface area contributed by atoms with Crippen molar-refractivity contribution in [2.45, 2.75) is 50.0 Å². The Hall–Kier alpha value is -4.28. The summed E-state index contributed by atoms with van der Waals surface area (Å²) in [6.07, 6.45) is -10.7. The number of carbonyl (C=O) groups is 6. The maximum atomic E-state index is 12.5. The van der Waals surface area contributed by atoms with E-state index in [4.69, 9.17) is 15.3 Å². The molecule has 17 heteroatoms. The zero-order valence-electron chi connectivity index (χ0n) is 21.7. The van der Waals surface area contributed by atoms with E-state index in [-0.39, 0.29) is 5.56 Å². The Morgan fingerprint density at radius 3 is 1.47 bits per heavy atom. The smallest absolute Gasteiger partial charge is 0.416 e. The number of carboxylic acid groups (broad SMARTS) is 3. The quantitative estimate of drug-likeness (QED) is 0.122. The second-order valence-corrected chi connectivity index (χ2v) is 8.61. The van der Waals surface area contributed by atoms with Gasteiger partial charge in [-0.05, 0) is 29.3 Å². The molecule has 0 unspecified atom stereocenters. The molecule has 2 aromatic rings. The number of carboxylic acids is 3. The maximum absolute atomic E-state index is 12.5. The number of hydrogen-bond donors (Lipinski definition) is 3. The Morgan fingerprint density at radius 2 is 1.07 bits per heavy atom. The molecule has 0 saturated carbocycles. The molecule has 0 amide bonds. The molecule has 0 aliphatic heterocycles. The molecule has 2 rings (SSSR count). The van der Waals surface area contributed by atoms with Gasteiger partial charge in [0.25, 0.3) is 0 Å². The average Bonchev–Trinajstić information content (AvgIpc) is 2.93. The number of alkyl halides is 7. The van der Waals surface area contributed by atoms with Gasteiger partial charge >= 0.3 is 36.2 Å². The van der Waals surface area contributed by atoms with Crippen LogP contribution in [-0.4, -0.2) is 50.8 Å². The van der Waals surface area contributed by atoms with Crippen LogP contribution in [0.4, 0.5) is 26.3 Å². The van der Waals surface area contributed by atoms with Crippen LogP contribution in [0.1, 0.15) is 47.9 Å². The molecule has 0 heterocycles. The van der Waals surface area contributed by atoms with E-state index in [1.807, 2.05) is 0 Å². The number of benzene rings is 2. The number of halogens is 7.